The van der Waals surface area contributed by atoms with Crippen LogP contribution in [-0.2, 0) is 65.4 Å². The molecule has 0 bridgehead atoms. The largest absolute Gasteiger partial charge is 0.472 e. The maximum absolute atomic E-state index is 13.1. The topological polar surface area (TPSA) is 237 Å². The maximum Gasteiger partial charge on any atom is 0.472 e. The molecular weight excluding hydrogens is 1310 g/mol. The number of hydrogen-bond donors (Lipinski definition) is 3. The van der Waals surface area contributed by atoms with E-state index >= 15 is 0 Å². The number of allylic oxidation sites excluding steroid dienone is 4. The summed E-state index contributed by atoms with van der Waals surface area (Å²) in [6, 6.07) is 0. The molecule has 0 aromatic rings. The first-order valence-electron chi connectivity index (χ1n) is 41.5. The Hall–Kier alpha value is -2.46. The fourth-order valence-corrected chi connectivity index (χ4v) is 13.6. The van der Waals surface area contributed by atoms with Crippen molar-refractivity contribution in [2.24, 2.45) is 5.92 Å². The molecule has 0 rings (SSSR count). The smallest absolute Gasteiger partial charge is 0.462 e. The lowest BCUT2D eigenvalue weighted by molar-refractivity contribution is -0.161. The summed E-state index contributed by atoms with van der Waals surface area (Å²) in [6.07, 6.45) is 67.6. The fourth-order valence-electron chi connectivity index (χ4n) is 12.0. The lowest BCUT2D eigenvalue weighted by Gasteiger charge is -2.21. The molecule has 100 heavy (non-hydrogen) atoms. The Bertz CT molecular complexity index is 2000. The second-order valence-electron chi connectivity index (χ2n) is 29.0. The van der Waals surface area contributed by atoms with Crippen molar-refractivity contribution >= 4 is 39.5 Å². The molecule has 0 aromatic heterocycles. The van der Waals surface area contributed by atoms with E-state index in [1.54, 1.807) is 0 Å². The number of aliphatic hydroxyl groups is 1. The molecule has 0 amide bonds. The van der Waals surface area contributed by atoms with Gasteiger partial charge in [0.1, 0.15) is 19.3 Å². The van der Waals surface area contributed by atoms with E-state index < -0.39 is 97.5 Å². The van der Waals surface area contributed by atoms with Gasteiger partial charge in [0.2, 0.25) is 0 Å². The van der Waals surface area contributed by atoms with Crippen LogP contribution in [0, 0.1) is 5.92 Å². The van der Waals surface area contributed by atoms with E-state index in [0.717, 1.165) is 121 Å². The highest BCUT2D eigenvalue weighted by atomic mass is 31.2. The van der Waals surface area contributed by atoms with E-state index in [1.165, 1.54) is 205 Å². The molecule has 0 fully saturated rings. The van der Waals surface area contributed by atoms with E-state index in [1.807, 2.05) is 0 Å². The van der Waals surface area contributed by atoms with Crippen LogP contribution >= 0.6 is 15.6 Å². The summed E-state index contributed by atoms with van der Waals surface area (Å²) < 4.78 is 68.5. The van der Waals surface area contributed by atoms with Crippen LogP contribution in [0.2, 0.25) is 0 Å². The van der Waals surface area contributed by atoms with Gasteiger partial charge in [-0.05, 0) is 57.3 Å². The Labute approximate surface area is 612 Å². The summed E-state index contributed by atoms with van der Waals surface area (Å²) in [7, 11) is -9.93. The average Bonchev–Trinajstić information content (AvgIpc) is 0.928. The summed E-state index contributed by atoms with van der Waals surface area (Å²) in [6.45, 7) is 7.25. The molecule has 590 valence electrons. The maximum atomic E-state index is 13.1. The van der Waals surface area contributed by atoms with Crippen LogP contribution in [0.1, 0.15) is 407 Å². The number of rotatable bonds is 79. The van der Waals surface area contributed by atoms with Crippen LogP contribution < -0.4 is 0 Å². The van der Waals surface area contributed by atoms with E-state index in [-0.39, 0.29) is 25.7 Å². The molecule has 19 heteroatoms. The predicted molar refractivity (Wildman–Crippen MR) is 409 cm³/mol. The van der Waals surface area contributed by atoms with Crippen molar-refractivity contribution in [3.8, 4) is 0 Å². The SMILES string of the molecule is CCCCCC/C=C\C=C/CCCCCCCC(=O)O[C@H](COC(=O)CCCCCCCCC)COP(=O)(O)OC[C@H](O)COP(=O)(O)OC[C@@H](COC(=O)CCCCCCCCCCCCCCCCCCC)OC(=O)CCCCCCCCCCCCCCCCCCCCC(C)C. The van der Waals surface area contributed by atoms with Gasteiger partial charge < -0.3 is 33.8 Å². The molecule has 0 aliphatic heterocycles. The summed E-state index contributed by atoms with van der Waals surface area (Å²) in [5, 5.41) is 10.6. The molecule has 0 aromatic carbocycles. The molecule has 17 nitrogen and oxygen atoms in total. The zero-order chi connectivity index (χ0) is 73.4. The lowest BCUT2D eigenvalue weighted by Crippen LogP contribution is -2.30. The number of aliphatic hydroxyl groups excluding tert-OH is 1. The number of carbonyl (C=O) groups is 4. The van der Waals surface area contributed by atoms with Gasteiger partial charge in [0.15, 0.2) is 12.2 Å². The van der Waals surface area contributed by atoms with Gasteiger partial charge in [-0.25, -0.2) is 9.13 Å². The molecule has 0 saturated heterocycles. The third-order valence-corrected chi connectivity index (χ3v) is 20.3. The molecule has 0 heterocycles. The zero-order valence-electron chi connectivity index (χ0n) is 64.8. The lowest BCUT2D eigenvalue weighted by atomic mass is 10.0. The molecule has 2 unspecified atom stereocenters. The third kappa shape index (κ3) is 73.8. The monoisotopic (exact) mass is 1460 g/mol. The summed E-state index contributed by atoms with van der Waals surface area (Å²) in [5.74, 6) is -1.32. The van der Waals surface area contributed by atoms with Crippen molar-refractivity contribution in [3.05, 3.63) is 24.3 Å². The molecular formula is C81H154O17P2. The van der Waals surface area contributed by atoms with Gasteiger partial charge in [-0.15, -0.1) is 0 Å². The zero-order valence-corrected chi connectivity index (χ0v) is 66.6. The van der Waals surface area contributed by atoms with Crippen molar-refractivity contribution in [2.75, 3.05) is 39.6 Å². The number of ether oxygens (including phenoxy) is 4. The normalized spacial score (nSPS) is 14.0. The Morgan fingerprint density at radius 2 is 0.540 bits per heavy atom. The number of esters is 4. The fraction of sp³-hybridized carbons (Fsp3) is 0.901. The molecule has 0 aliphatic carbocycles. The van der Waals surface area contributed by atoms with Crippen LogP contribution in [0.4, 0.5) is 0 Å². The van der Waals surface area contributed by atoms with E-state index in [2.05, 4.69) is 58.9 Å². The first-order chi connectivity index (χ1) is 48.5. The Kier molecular flexibility index (Phi) is 71.6. The second kappa shape index (κ2) is 73.4. The number of phosphoric acid groups is 2. The van der Waals surface area contributed by atoms with Crippen LogP contribution in [0.5, 0.6) is 0 Å². The van der Waals surface area contributed by atoms with Gasteiger partial charge >= 0.3 is 39.5 Å². The van der Waals surface area contributed by atoms with Crippen molar-refractivity contribution in [1.29, 1.82) is 0 Å². The van der Waals surface area contributed by atoms with Gasteiger partial charge in [-0.3, -0.25) is 37.3 Å². The average molecular weight is 1460 g/mol. The van der Waals surface area contributed by atoms with Gasteiger partial charge in [0.05, 0.1) is 26.4 Å². The molecule has 5 atom stereocenters. The second-order valence-corrected chi connectivity index (χ2v) is 31.9. The Morgan fingerprint density at radius 3 is 0.820 bits per heavy atom. The number of phosphoric ester groups is 2. The van der Waals surface area contributed by atoms with Crippen LogP contribution in [0.3, 0.4) is 0 Å². The minimum atomic E-state index is -4.96. The Balaban J connectivity index is 5.20. The number of carbonyl (C=O) groups excluding carboxylic acids is 4. The number of hydrogen-bond acceptors (Lipinski definition) is 15. The van der Waals surface area contributed by atoms with Crippen molar-refractivity contribution in [3.63, 3.8) is 0 Å². The first-order valence-corrected chi connectivity index (χ1v) is 44.4. The van der Waals surface area contributed by atoms with Crippen LogP contribution in [0.15, 0.2) is 24.3 Å². The van der Waals surface area contributed by atoms with Crippen molar-refractivity contribution < 1.29 is 80.2 Å². The van der Waals surface area contributed by atoms with Gasteiger partial charge in [0.25, 0.3) is 0 Å². The van der Waals surface area contributed by atoms with Crippen LogP contribution in [-0.4, -0.2) is 96.7 Å². The summed E-state index contributed by atoms with van der Waals surface area (Å²) in [5.41, 5.74) is 0. The highest BCUT2D eigenvalue weighted by Crippen LogP contribution is 2.45. The standard InChI is InChI=1S/C81H154O17P2/c1-6-9-12-15-18-20-22-24-26-29-34-37-41-45-50-55-60-65-79(84)92-71-77(98-81(86)67-62-57-52-47-43-39-35-31-28-27-30-33-36-40-44-49-53-58-63-74(4)5)73-96-100(89,90)94-69-75(82)68-93-99(87,88)95-72-76(70-91-78(83)64-59-54-48-17-14-11-8-3)97-80(85)66-61-56-51-46-42-38-32-25-23-21-19-16-13-10-7-2/h21,23,25,32,74-77,82H,6-20,22,24,26-31,33-73H2,1-5H3,(H,87,88)(H,89,90)/b23-21-,32-25-/t75-,76+,77+/m0/s1. The van der Waals surface area contributed by atoms with E-state index in [9.17, 15) is 43.2 Å². The molecule has 0 aliphatic rings. The molecule has 0 spiro atoms. The minimum Gasteiger partial charge on any atom is -0.462 e. The van der Waals surface area contributed by atoms with Gasteiger partial charge in [-0.2, -0.15) is 0 Å². The number of unbranched alkanes of at least 4 members (excludes halogenated alkanes) is 48. The summed E-state index contributed by atoms with van der Waals surface area (Å²) >= 11 is 0. The van der Waals surface area contributed by atoms with E-state index in [4.69, 9.17) is 37.0 Å². The predicted octanol–water partition coefficient (Wildman–Crippen LogP) is 24.0. The van der Waals surface area contributed by atoms with Crippen molar-refractivity contribution in [1.82, 2.24) is 0 Å². The Morgan fingerprint density at radius 1 is 0.310 bits per heavy atom. The van der Waals surface area contributed by atoms with Crippen molar-refractivity contribution in [2.45, 2.75) is 425 Å². The van der Waals surface area contributed by atoms with Gasteiger partial charge in [0, 0.05) is 25.7 Å². The third-order valence-electron chi connectivity index (χ3n) is 18.4. The van der Waals surface area contributed by atoms with E-state index in [0.29, 0.717) is 25.7 Å². The molecule has 3 N–H and O–H groups in total. The van der Waals surface area contributed by atoms with Gasteiger partial charge in [-0.1, -0.05) is 354 Å². The highest BCUT2D eigenvalue weighted by molar-refractivity contribution is 7.47. The molecule has 0 radical (unpaired) electrons. The summed E-state index contributed by atoms with van der Waals surface area (Å²) in [4.78, 5) is 72.8. The van der Waals surface area contributed by atoms with Crippen LogP contribution in [0.25, 0.3) is 0 Å². The first kappa shape index (κ1) is 97.5. The molecule has 0 saturated carbocycles. The highest BCUT2D eigenvalue weighted by Gasteiger charge is 2.30. The quantitative estimate of drug-likeness (QED) is 0.0169. The minimum absolute atomic E-state index is 0.0850.